The minimum Gasteiger partial charge on any atom is -0.481 e. The van der Waals surface area contributed by atoms with Crippen molar-refractivity contribution in [1.29, 1.82) is 0 Å². The van der Waals surface area contributed by atoms with Crippen molar-refractivity contribution >= 4 is 0 Å². The van der Waals surface area contributed by atoms with Crippen molar-refractivity contribution in [1.82, 2.24) is 4.98 Å². The van der Waals surface area contributed by atoms with E-state index >= 15 is 0 Å². The van der Waals surface area contributed by atoms with Crippen molar-refractivity contribution in [3.05, 3.63) is 36.5 Å². The van der Waals surface area contributed by atoms with Crippen LogP contribution in [0.25, 0.3) is 0 Å². The summed E-state index contributed by atoms with van der Waals surface area (Å²) in [6, 6.07) is 3.52. The maximum absolute atomic E-state index is 9.53. The molecule has 0 radical (unpaired) electrons. The molecule has 1 aromatic rings. The number of nitrogens with zero attached hydrogens (tertiary/aromatic N) is 1. The molecule has 0 aromatic carbocycles. The van der Waals surface area contributed by atoms with Gasteiger partial charge in [-0.3, -0.25) is 0 Å². The van der Waals surface area contributed by atoms with E-state index in [4.69, 9.17) is 4.74 Å². The fraction of sp³-hybridized carbons (Fsp3) is 0.300. The third-order valence-corrected chi connectivity index (χ3v) is 1.74. The zero-order valence-corrected chi connectivity index (χ0v) is 7.60. The topological polar surface area (TPSA) is 42.4 Å². The maximum atomic E-state index is 9.53. The van der Waals surface area contributed by atoms with E-state index < -0.39 is 6.10 Å². The zero-order chi connectivity index (χ0) is 9.68. The lowest BCUT2D eigenvalue weighted by atomic mass is 10.1. The van der Waals surface area contributed by atoms with Crippen LogP contribution in [0.4, 0.5) is 0 Å². The van der Waals surface area contributed by atoms with Crippen molar-refractivity contribution in [2.24, 2.45) is 0 Å². The minimum atomic E-state index is -0.518. The summed E-state index contributed by atoms with van der Waals surface area (Å²) in [7, 11) is 1.56. The smallest absolute Gasteiger partial charge is 0.212 e. The van der Waals surface area contributed by atoms with Gasteiger partial charge in [0.05, 0.1) is 13.2 Å². The highest BCUT2D eigenvalue weighted by atomic mass is 16.5. The molecule has 0 bridgehead atoms. The molecule has 0 aliphatic heterocycles. The predicted molar refractivity (Wildman–Crippen MR) is 50.6 cm³/mol. The van der Waals surface area contributed by atoms with E-state index in [0.29, 0.717) is 12.3 Å². The molecular formula is C10H13NO2. The normalized spacial score (nSPS) is 12.2. The van der Waals surface area contributed by atoms with Crippen LogP contribution in [0.1, 0.15) is 18.1 Å². The van der Waals surface area contributed by atoms with Crippen molar-refractivity contribution in [3.8, 4) is 5.88 Å². The molecule has 0 amide bonds. The molecule has 13 heavy (non-hydrogen) atoms. The van der Waals surface area contributed by atoms with Crippen LogP contribution in [0.3, 0.4) is 0 Å². The van der Waals surface area contributed by atoms with E-state index in [1.165, 1.54) is 0 Å². The Hall–Kier alpha value is -1.35. The van der Waals surface area contributed by atoms with Gasteiger partial charge in [-0.05, 0) is 18.1 Å². The van der Waals surface area contributed by atoms with Gasteiger partial charge >= 0.3 is 0 Å². The Kier molecular flexibility index (Phi) is 3.46. The Bertz CT molecular complexity index is 269. The lowest BCUT2D eigenvalue weighted by Crippen LogP contribution is -1.97. The summed E-state index contributed by atoms with van der Waals surface area (Å²) in [5, 5.41) is 9.53. The van der Waals surface area contributed by atoms with Crippen LogP contribution in [-0.2, 0) is 0 Å². The number of hydrogen-bond donors (Lipinski definition) is 1. The van der Waals surface area contributed by atoms with Crippen LogP contribution in [0, 0.1) is 0 Å². The van der Waals surface area contributed by atoms with Crippen molar-refractivity contribution < 1.29 is 9.84 Å². The minimum absolute atomic E-state index is 0.518. The van der Waals surface area contributed by atoms with Gasteiger partial charge in [-0.2, -0.15) is 0 Å². The molecule has 0 fully saturated rings. The van der Waals surface area contributed by atoms with Gasteiger partial charge in [0.1, 0.15) is 0 Å². The van der Waals surface area contributed by atoms with E-state index in [-0.39, 0.29) is 0 Å². The Balaban J connectivity index is 2.73. The van der Waals surface area contributed by atoms with Gasteiger partial charge in [0, 0.05) is 12.3 Å². The molecule has 70 valence electrons. The first kappa shape index (κ1) is 9.74. The number of aliphatic hydroxyl groups is 1. The Morgan fingerprint density at radius 2 is 2.46 bits per heavy atom. The number of hydrogen-bond acceptors (Lipinski definition) is 3. The molecule has 0 spiro atoms. The highest BCUT2D eigenvalue weighted by molar-refractivity contribution is 5.19. The Morgan fingerprint density at radius 1 is 1.69 bits per heavy atom. The molecule has 3 heteroatoms. The van der Waals surface area contributed by atoms with Crippen LogP contribution >= 0.6 is 0 Å². The molecule has 1 rings (SSSR count). The summed E-state index contributed by atoms with van der Waals surface area (Å²) < 4.78 is 4.90. The third-order valence-electron chi connectivity index (χ3n) is 1.74. The van der Waals surface area contributed by atoms with Gasteiger partial charge in [0.2, 0.25) is 5.88 Å². The molecule has 3 nitrogen and oxygen atoms in total. The van der Waals surface area contributed by atoms with Crippen molar-refractivity contribution in [3.63, 3.8) is 0 Å². The molecule has 0 aliphatic rings. The number of aromatic nitrogens is 1. The number of aliphatic hydroxyl groups excluding tert-OH is 1. The first-order valence-electron chi connectivity index (χ1n) is 4.07. The predicted octanol–water partition coefficient (Wildman–Crippen LogP) is 1.70. The van der Waals surface area contributed by atoms with Crippen molar-refractivity contribution in [2.45, 2.75) is 12.5 Å². The summed E-state index contributed by atoms with van der Waals surface area (Å²) in [5.41, 5.74) is 0.778. The monoisotopic (exact) mass is 179 g/mol. The third kappa shape index (κ3) is 2.56. The van der Waals surface area contributed by atoms with Gasteiger partial charge in [-0.15, -0.1) is 6.58 Å². The molecule has 0 saturated carbocycles. The van der Waals surface area contributed by atoms with E-state index in [9.17, 15) is 5.11 Å². The summed E-state index contributed by atoms with van der Waals surface area (Å²) in [5.74, 6) is 0.551. The average molecular weight is 179 g/mol. The Morgan fingerprint density at radius 3 is 2.92 bits per heavy atom. The van der Waals surface area contributed by atoms with Gasteiger partial charge < -0.3 is 9.84 Å². The van der Waals surface area contributed by atoms with Gasteiger partial charge in [0.15, 0.2) is 0 Å². The molecular weight excluding hydrogens is 166 g/mol. The summed E-state index contributed by atoms with van der Waals surface area (Å²) in [6.45, 7) is 3.55. The summed E-state index contributed by atoms with van der Waals surface area (Å²) >= 11 is 0. The van der Waals surface area contributed by atoms with Crippen LogP contribution < -0.4 is 4.74 Å². The van der Waals surface area contributed by atoms with E-state index in [0.717, 1.165) is 5.56 Å². The number of rotatable bonds is 4. The molecule has 1 N–H and O–H groups in total. The molecule has 0 saturated heterocycles. The van der Waals surface area contributed by atoms with Crippen LogP contribution in [-0.4, -0.2) is 17.2 Å². The molecule has 1 heterocycles. The first-order chi connectivity index (χ1) is 6.27. The van der Waals surface area contributed by atoms with Crippen molar-refractivity contribution in [2.75, 3.05) is 7.11 Å². The van der Waals surface area contributed by atoms with E-state index in [2.05, 4.69) is 11.6 Å². The Labute approximate surface area is 77.7 Å². The van der Waals surface area contributed by atoms with E-state index in [1.807, 2.05) is 0 Å². The highest BCUT2D eigenvalue weighted by Crippen LogP contribution is 2.17. The van der Waals surface area contributed by atoms with Crippen LogP contribution in [0.15, 0.2) is 31.0 Å². The number of ether oxygens (including phenoxy) is 1. The van der Waals surface area contributed by atoms with Crippen LogP contribution in [0.5, 0.6) is 5.88 Å². The van der Waals surface area contributed by atoms with Gasteiger partial charge in [0.25, 0.3) is 0 Å². The largest absolute Gasteiger partial charge is 0.481 e. The zero-order valence-electron chi connectivity index (χ0n) is 7.60. The van der Waals surface area contributed by atoms with Gasteiger partial charge in [-0.25, -0.2) is 4.98 Å². The quantitative estimate of drug-likeness (QED) is 0.715. The standard InChI is InChI=1S/C10H13NO2/c1-3-4-9(12)8-5-6-10(13-2)11-7-8/h3,5-7,9,12H,1,4H2,2H3. The molecule has 0 aliphatic carbocycles. The molecule has 1 atom stereocenters. The molecule has 1 aromatic heterocycles. The van der Waals surface area contributed by atoms with Crippen LogP contribution in [0.2, 0.25) is 0 Å². The summed E-state index contributed by atoms with van der Waals surface area (Å²) in [4.78, 5) is 3.98. The average Bonchev–Trinajstić information content (AvgIpc) is 2.18. The fourth-order valence-corrected chi connectivity index (χ4v) is 1.00. The summed E-state index contributed by atoms with van der Waals surface area (Å²) in [6.07, 6.45) is 3.30. The second-order valence-corrected chi connectivity index (χ2v) is 2.67. The first-order valence-corrected chi connectivity index (χ1v) is 4.07. The number of pyridine rings is 1. The lowest BCUT2D eigenvalue weighted by molar-refractivity contribution is 0.181. The maximum Gasteiger partial charge on any atom is 0.212 e. The molecule has 1 unspecified atom stereocenters. The number of methoxy groups -OCH3 is 1. The highest BCUT2D eigenvalue weighted by Gasteiger charge is 2.05. The van der Waals surface area contributed by atoms with E-state index in [1.54, 1.807) is 31.5 Å². The second kappa shape index (κ2) is 4.62. The van der Waals surface area contributed by atoms with Gasteiger partial charge in [-0.1, -0.05) is 6.08 Å². The SMILES string of the molecule is C=CCC(O)c1ccc(OC)nc1. The lowest BCUT2D eigenvalue weighted by Gasteiger charge is -2.07. The fourth-order valence-electron chi connectivity index (χ4n) is 1.00. The second-order valence-electron chi connectivity index (χ2n) is 2.67.